The molecule has 130 valence electrons. The van der Waals surface area contributed by atoms with Crippen LogP contribution >= 0.6 is 11.3 Å². The number of nitrogens with zero attached hydrogens (tertiary/aromatic N) is 1. The molecule has 1 N–H and O–H groups in total. The van der Waals surface area contributed by atoms with Gasteiger partial charge in [0, 0.05) is 19.1 Å². The van der Waals surface area contributed by atoms with Gasteiger partial charge >= 0.3 is 5.97 Å². The molecule has 6 heteroatoms. The number of esters is 1. The molecule has 1 aromatic rings. The van der Waals surface area contributed by atoms with E-state index in [1.165, 1.54) is 17.6 Å². The van der Waals surface area contributed by atoms with E-state index in [0.29, 0.717) is 42.4 Å². The van der Waals surface area contributed by atoms with Crippen molar-refractivity contribution in [1.82, 2.24) is 0 Å². The summed E-state index contributed by atoms with van der Waals surface area (Å²) in [5.74, 6) is -0.0307. The van der Waals surface area contributed by atoms with Crippen molar-refractivity contribution in [2.45, 2.75) is 46.5 Å². The fourth-order valence-corrected chi connectivity index (χ4v) is 3.52. The van der Waals surface area contributed by atoms with Gasteiger partial charge in [-0.3, -0.25) is 4.79 Å². The third-order valence-corrected chi connectivity index (χ3v) is 4.63. The molecule has 5 nitrogen and oxygen atoms in total. The van der Waals surface area contributed by atoms with Gasteiger partial charge in [0.05, 0.1) is 17.7 Å². The van der Waals surface area contributed by atoms with E-state index in [2.05, 4.69) is 18.8 Å². The summed E-state index contributed by atoms with van der Waals surface area (Å²) in [5, 5.41) is 12.3. The number of thiophene rings is 1. The maximum Gasteiger partial charge on any atom is 0.341 e. The Morgan fingerprint density at radius 2 is 2.21 bits per heavy atom. The molecule has 2 rings (SSSR count). The Kier molecular flexibility index (Phi) is 6.31. The molecule has 0 aromatic carbocycles. The summed E-state index contributed by atoms with van der Waals surface area (Å²) in [6.45, 7) is 6.22. The number of hydrogen-bond donors (Lipinski definition) is 1. The molecule has 1 aromatic heterocycles. The predicted molar refractivity (Wildman–Crippen MR) is 95.5 cm³/mol. The third kappa shape index (κ3) is 4.32. The molecule has 0 spiro atoms. The Labute approximate surface area is 146 Å². The zero-order valence-electron chi connectivity index (χ0n) is 14.3. The summed E-state index contributed by atoms with van der Waals surface area (Å²) in [6, 6.07) is 0. The second-order valence-electron chi connectivity index (χ2n) is 6.15. The van der Waals surface area contributed by atoms with Crippen molar-refractivity contribution in [2.24, 2.45) is 10.9 Å². The van der Waals surface area contributed by atoms with Gasteiger partial charge in [0.15, 0.2) is 5.78 Å². The number of hydrogen-bond acceptors (Lipinski definition) is 6. The predicted octanol–water partition coefficient (Wildman–Crippen LogP) is 4.39. The summed E-state index contributed by atoms with van der Waals surface area (Å²) in [4.78, 5) is 28.5. The number of Topliss-reactive ketones (excluding diaryl/α,β-unsaturated/α-hetero) is 1. The summed E-state index contributed by atoms with van der Waals surface area (Å²) >= 11 is 1.35. The highest BCUT2D eigenvalue weighted by Crippen LogP contribution is 2.33. The van der Waals surface area contributed by atoms with Crippen LogP contribution in [-0.4, -0.2) is 29.7 Å². The van der Waals surface area contributed by atoms with Gasteiger partial charge in [0.2, 0.25) is 0 Å². The number of aliphatic hydroxyl groups excluding tert-OH is 1. The van der Waals surface area contributed by atoms with E-state index >= 15 is 0 Å². The van der Waals surface area contributed by atoms with Crippen LogP contribution in [0.2, 0.25) is 0 Å². The quantitative estimate of drug-likeness (QED) is 0.610. The van der Waals surface area contributed by atoms with E-state index in [9.17, 15) is 14.7 Å². The lowest BCUT2D eigenvalue weighted by Gasteiger charge is -2.11. The molecule has 0 amide bonds. The minimum absolute atomic E-state index is 0.0756. The summed E-state index contributed by atoms with van der Waals surface area (Å²) < 4.78 is 5.15. The zero-order chi connectivity index (χ0) is 17.7. The molecule has 0 aliphatic heterocycles. The van der Waals surface area contributed by atoms with Crippen molar-refractivity contribution in [2.75, 3.05) is 6.61 Å². The smallest absolute Gasteiger partial charge is 0.341 e. The lowest BCUT2D eigenvalue weighted by atomic mass is 9.97. The topological polar surface area (TPSA) is 76.0 Å². The van der Waals surface area contributed by atoms with Gasteiger partial charge in [0.1, 0.15) is 10.8 Å². The van der Waals surface area contributed by atoms with Crippen LogP contribution in [0.3, 0.4) is 0 Å². The van der Waals surface area contributed by atoms with Crippen LogP contribution in [0.1, 0.15) is 56.0 Å². The highest BCUT2D eigenvalue weighted by molar-refractivity contribution is 7.14. The van der Waals surface area contributed by atoms with E-state index in [0.717, 1.165) is 12.0 Å². The molecule has 0 radical (unpaired) electrons. The maximum atomic E-state index is 12.3. The number of ether oxygens (including phenoxy) is 1. The largest absolute Gasteiger partial charge is 0.512 e. The van der Waals surface area contributed by atoms with Crippen LogP contribution in [-0.2, 0) is 16.0 Å². The monoisotopic (exact) mass is 349 g/mol. The normalized spacial score (nSPS) is 15.6. The Hall–Kier alpha value is -1.95. The molecule has 0 atom stereocenters. The van der Waals surface area contributed by atoms with Crippen molar-refractivity contribution in [3.63, 3.8) is 0 Å². The molecule has 0 fully saturated rings. The highest BCUT2D eigenvalue weighted by atomic mass is 32.1. The molecule has 0 bridgehead atoms. The van der Waals surface area contributed by atoms with E-state index in [4.69, 9.17) is 4.74 Å². The average molecular weight is 349 g/mol. The van der Waals surface area contributed by atoms with Gasteiger partial charge in [-0.25, -0.2) is 9.79 Å². The van der Waals surface area contributed by atoms with Crippen molar-refractivity contribution < 1.29 is 19.4 Å². The molecule has 1 aliphatic carbocycles. The lowest BCUT2D eigenvalue weighted by Crippen LogP contribution is -2.12. The minimum Gasteiger partial charge on any atom is -0.512 e. The maximum absolute atomic E-state index is 12.3. The Bertz CT molecular complexity index is 685. The van der Waals surface area contributed by atoms with Crippen LogP contribution in [0.5, 0.6) is 0 Å². The number of aliphatic hydroxyl groups is 1. The van der Waals surface area contributed by atoms with Gasteiger partial charge in [-0.15, -0.1) is 11.3 Å². The number of aliphatic imine (C=N–C) groups is 1. The van der Waals surface area contributed by atoms with Crippen LogP contribution in [0, 0.1) is 5.92 Å². The van der Waals surface area contributed by atoms with E-state index < -0.39 is 5.97 Å². The molecule has 1 heterocycles. The van der Waals surface area contributed by atoms with Crippen LogP contribution in [0.4, 0.5) is 5.00 Å². The van der Waals surface area contributed by atoms with Crippen molar-refractivity contribution in [3.05, 3.63) is 27.8 Å². The Morgan fingerprint density at radius 3 is 2.83 bits per heavy atom. The second kappa shape index (κ2) is 8.24. The van der Waals surface area contributed by atoms with E-state index in [1.54, 1.807) is 6.92 Å². The standard InChI is InChI=1S/C18H23NO4S/c1-4-23-18(22)16-12(8-11(2)3)10-24-17(16)19-9-13-14(20)6-5-7-15(13)21/h9-11,20H,4-8H2,1-3H3/b19-9+. The summed E-state index contributed by atoms with van der Waals surface area (Å²) in [7, 11) is 0. The molecule has 0 unspecified atom stereocenters. The second-order valence-corrected chi connectivity index (χ2v) is 7.01. The lowest BCUT2D eigenvalue weighted by molar-refractivity contribution is -0.115. The van der Waals surface area contributed by atoms with Crippen molar-refractivity contribution >= 4 is 34.3 Å². The average Bonchev–Trinajstić information content (AvgIpc) is 2.89. The first-order valence-electron chi connectivity index (χ1n) is 8.20. The molecule has 24 heavy (non-hydrogen) atoms. The van der Waals surface area contributed by atoms with E-state index in [-0.39, 0.29) is 17.1 Å². The van der Waals surface area contributed by atoms with Crippen LogP contribution in [0.25, 0.3) is 0 Å². The molecular weight excluding hydrogens is 326 g/mol. The van der Waals surface area contributed by atoms with Crippen molar-refractivity contribution in [1.29, 1.82) is 0 Å². The number of carbonyl (C=O) groups excluding carboxylic acids is 2. The zero-order valence-corrected chi connectivity index (χ0v) is 15.1. The summed E-state index contributed by atoms with van der Waals surface area (Å²) in [5.41, 5.74) is 1.62. The van der Waals surface area contributed by atoms with Gasteiger partial charge < -0.3 is 9.84 Å². The SMILES string of the molecule is CCOC(=O)c1c(CC(C)C)csc1/N=C/C1=C(O)CCCC1=O. The molecule has 1 aliphatic rings. The molecular formula is C18H23NO4S. The first kappa shape index (κ1) is 18.4. The van der Waals surface area contributed by atoms with Gasteiger partial charge in [0.25, 0.3) is 0 Å². The number of rotatable bonds is 6. The summed E-state index contributed by atoms with van der Waals surface area (Å²) in [6.07, 6.45) is 3.70. The fraction of sp³-hybridized carbons (Fsp3) is 0.500. The first-order chi connectivity index (χ1) is 11.4. The van der Waals surface area contributed by atoms with Gasteiger partial charge in [-0.2, -0.15) is 0 Å². The van der Waals surface area contributed by atoms with E-state index in [1.807, 2.05) is 5.38 Å². The van der Waals surface area contributed by atoms with Crippen LogP contribution < -0.4 is 0 Å². The third-order valence-electron chi connectivity index (χ3n) is 3.70. The Balaban J connectivity index is 2.35. The minimum atomic E-state index is -0.394. The van der Waals surface area contributed by atoms with Gasteiger partial charge in [-0.1, -0.05) is 13.8 Å². The van der Waals surface area contributed by atoms with Gasteiger partial charge in [-0.05, 0) is 36.6 Å². The molecule has 0 saturated heterocycles. The van der Waals surface area contributed by atoms with Crippen molar-refractivity contribution in [3.8, 4) is 0 Å². The highest BCUT2D eigenvalue weighted by Gasteiger charge is 2.22. The number of carbonyl (C=O) groups is 2. The Morgan fingerprint density at radius 1 is 1.46 bits per heavy atom. The molecule has 0 saturated carbocycles. The number of allylic oxidation sites excluding steroid dienone is 2. The number of ketones is 1. The van der Waals surface area contributed by atoms with Crippen LogP contribution in [0.15, 0.2) is 21.7 Å². The first-order valence-corrected chi connectivity index (χ1v) is 9.08. The fourth-order valence-electron chi connectivity index (χ4n) is 2.61.